The van der Waals surface area contributed by atoms with Gasteiger partial charge in [-0.15, -0.1) is 0 Å². The highest BCUT2D eigenvalue weighted by molar-refractivity contribution is 5.85. The van der Waals surface area contributed by atoms with Crippen molar-refractivity contribution in [2.24, 2.45) is 0 Å². The van der Waals surface area contributed by atoms with Crippen LogP contribution in [-0.4, -0.2) is 30.7 Å². The van der Waals surface area contributed by atoms with Crippen molar-refractivity contribution in [1.82, 2.24) is 5.32 Å². The highest BCUT2D eigenvalue weighted by Crippen LogP contribution is 2.13. The molecule has 0 bridgehead atoms. The molecule has 0 spiro atoms. The lowest BCUT2D eigenvalue weighted by Crippen LogP contribution is -2.45. The molecule has 7 nitrogen and oxygen atoms in total. The number of alkyl carbamates (subject to hydrolysis) is 1. The number of carbonyl (C=O) groups is 3. The number of esters is 1. The van der Waals surface area contributed by atoms with Gasteiger partial charge in [-0.05, 0) is 12.0 Å². The Labute approximate surface area is 211 Å². The van der Waals surface area contributed by atoms with E-state index in [9.17, 15) is 19.5 Å². The largest absolute Gasteiger partial charge is 0.550 e. The second kappa shape index (κ2) is 20.8. The lowest BCUT2D eigenvalue weighted by Gasteiger charge is -2.18. The zero-order chi connectivity index (χ0) is 25.6. The van der Waals surface area contributed by atoms with Gasteiger partial charge in [-0.3, -0.25) is 0 Å². The maximum absolute atomic E-state index is 12.2. The van der Waals surface area contributed by atoms with E-state index in [1.54, 1.807) is 12.1 Å². The second-order valence-electron chi connectivity index (χ2n) is 9.10. The topological polar surface area (TPSA) is 105 Å². The van der Waals surface area contributed by atoms with Crippen LogP contribution in [0.5, 0.6) is 0 Å². The molecule has 35 heavy (non-hydrogen) atoms. The van der Waals surface area contributed by atoms with Crippen LogP contribution in [0.1, 0.15) is 109 Å². The number of nitrogens with one attached hydrogen (secondary N) is 1. The average Bonchev–Trinajstić information content (AvgIpc) is 2.85. The number of ether oxygens (including phenoxy) is 2. The summed E-state index contributed by atoms with van der Waals surface area (Å²) in [5.41, 5.74) is 0.777. The first-order valence-corrected chi connectivity index (χ1v) is 13.4. The molecule has 7 heteroatoms. The quantitative estimate of drug-likeness (QED) is 0.182. The number of hydrogen-bond donors (Lipinski definition) is 1. The first kappa shape index (κ1) is 30.5. The fraction of sp³-hybridized carbons (Fsp3) is 0.679. The number of carboxylic acids is 1. The molecule has 0 saturated carbocycles. The number of aliphatic carboxylic acids is 1. The summed E-state index contributed by atoms with van der Waals surface area (Å²) in [6, 6.07) is 7.70. The zero-order valence-electron chi connectivity index (χ0n) is 21.4. The maximum atomic E-state index is 12.2. The molecule has 0 aliphatic heterocycles. The van der Waals surface area contributed by atoms with E-state index in [1.807, 2.05) is 18.2 Å². The Bertz CT molecular complexity index is 694. The van der Waals surface area contributed by atoms with Crippen molar-refractivity contribution < 1.29 is 29.0 Å². The summed E-state index contributed by atoms with van der Waals surface area (Å²) >= 11 is 0. The van der Waals surface area contributed by atoms with Gasteiger partial charge in [0.05, 0.1) is 6.61 Å². The average molecular weight is 491 g/mol. The van der Waals surface area contributed by atoms with Gasteiger partial charge in [-0.1, -0.05) is 121 Å². The van der Waals surface area contributed by atoms with Crippen LogP contribution >= 0.6 is 0 Å². The van der Waals surface area contributed by atoms with Gasteiger partial charge in [0, 0.05) is 12.4 Å². The molecule has 0 saturated heterocycles. The Morgan fingerprint density at radius 1 is 0.771 bits per heavy atom. The lowest BCUT2D eigenvalue weighted by atomic mass is 10.0. The van der Waals surface area contributed by atoms with Crippen molar-refractivity contribution in [2.45, 2.75) is 116 Å². The molecule has 0 aliphatic rings. The molecule has 1 aromatic carbocycles. The van der Waals surface area contributed by atoms with E-state index in [1.165, 1.54) is 70.6 Å². The molecular formula is C28H44NO6-. The van der Waals surface area contributed by atoms with Gasteiger partial charge in [-0.2, -0.15) is 0 Å². The van der Waals surface area contributed by atoms with E-state index in [4.69, 9.17) is 9.47 Å². The predicted molar refractivity (Wildman–Crippen MR) is 134 cm³/mol. The van der Waals surface area contributed by atoms with Gasteiger partial charge in [0.15, 0.2) is 0 Å². The Hall–Kier alpha value is -2.57. The Morgan fingerprint density at radius 3 is 1.80 bits per heavy atom. The Morgan fingerprint density at radius 2 is 1.29 bits per heavy atom. The minimum absolute atomic E-state index is 0.0127. The molecular weight excluding hydrogens is 446 g/mol. The van der Waals surface area contributed by atoms with Crippen molar-refractivity contribution in [3.05, 3.63) is 35.9 Å². The number of hydrogen-bond acceptors (Lipinski definition) is 6. The van der Waals surface area contributed by atoms with Crippen LogP contribution < -0.4 is 10.4 Å². The number of carbonyl (C=O) groups excluding carboxylic acids is 3. The van der Waals surface area contributed by atoms with Crippen LogP contribution in [0.15, 0.2) is 30.3 Å². The molecule has 1 rings (SSSR count). The molecule has 1 aromatic rings. The summed E-state index contributed by atoms with van der Waals surface area (Å²) in [5, 5.41) is 13.2. The molecule has 0 radical (unpaired) electrons. The van der Waals surface area contributed by atoms with Crippen LogP contribution in [0.2, 0.25) is 0 Å². The predicted octanol–water partition coefficient (Wildman–Crippen LogP) is 5.45. The summed E-state index contributed by atoms with van der Waals surface area (Å²) < 4.78 is 10.2. The van der Waals surface area contributed by atoms with Gasteiger partial charge in [-0.25, -0.2) is 9.59 Å². The van der Waals surface area contributed by atoms with Crippen molar-refractivity contribution >= 4 is 18.0 Å². The maximum Gasteiger partial charge on any atom is 0.408 e. The minimum Gasteiger partial charge on any atom is -0.550 e. The number of unbranched alkanes of at least 4 members (excludes halogenated alkanes) is 13. The summed E-state index contributed by atoms with van der Waals surface area (Å²) in [5.74, 6) is -2.24. The van der Waals surface area contributed by atoms with E-state index in [2.05, 4.69) is 12.2 Å². The molecule has 1 atom stereocenters. The molecule has 0 heterocycles. The van der Waals surface area contributed by atoms with E-state index in [-0.39, 0.29) is 13.2 Å². The van der Waals surface area contributed by atoms with Gasteiger partial charge < -0.3 is 24.7 Å². The first-order chi connectivity index (χ1) is 17.0. The molecule has 0 aliphatic carbocycles. The third kappa shape index (κ3) is 17.5. The molecule has 1 N–H and O–H groups in total. The van der Waals surface area contributed by atoms with Crippen LogP contribution in [-0.2, 0) is 25.7 Å². The summed E-state index contributed by atoms with van der Waals surface area (Å²) in [6.07, 6.45) is 15.7. The highest BCUT2D eigenvalue weighted by Gasteiger charge is 2.23. The fourth-order valence-corrected chi connectivity index (χ4v) is 3.84. The number of amides is 1. The standard InChI is InChI=1S/C28H45NO6/c1-2-3-4-5-6-7-8-9-10-11-12-13-14-18-21-34-27(32)25(22-26(30)31)29-28(33)35-23-24-19-16-15-17-20-24/h15-17,19-20,25H,2-14,18,21-23H2,1H3,(H,29,33)(H,30,31)/p-1. The molecule has 0 fully saturated rings. The zero-order valence-corrected chi connectivity index (χ0v) is 21.4. The third-order valence-corrected chi connectivity index (χ3v) is 5.90. The first-order valence-electron chi connectivity index (χ1n) is 13.4. The van der Waals surface area contributed by atoms with Crippen molar-refractivity contribution in [3.63, 3.8) is 0 Å². The fourth-order valence-electron chi connectivity index (χ4n) is 3.84. The molecule has 198 valence electrons. The van der Waals surface area contributed by atoms with Crippen LogP contribution in [0, 0.1) is 0 Å². The van der Waals surface area contributed by atoms with Crippen LogP contribution in [0.25, 0.3) is 0 Å². The Kier molecular flexibility index (Phi) is 18.1. The van der Waals surface area contributed by atoms with Gasteiger partial charge in [0.25, 0.3) is 0 Å². The lowest BCUT2D eigenvalue weighted by molar-refractivity contribution is -0.306. The van der Waals surface area contributed by atoms with Gasteiger partial charge in [0.2, 0.25) is 0 Å². The summed E-state index contributed by atoms with van der Waals surface area (Å²) in [7, 11) is 0. The van der Waals surface area contributed by atoms with Gasteiger partial charge >= 0.3 is 12.1 Å². The van der Waals surface area contributed by atoms with Crippen LogP contribution in [0.4, 0.5) is 4.79 Å². The monoisotopic (exact) mass is 490 g/mol. The number of benzene rings is 1. The van der Waals surface area contributed by atoms with E-state index in [0.717, 1.165) is 18.4 Å². The van der Waals surface area contributed by atoms with E-state index < -0.39 is 30.5 Å². The van der Waals surface area contributed by atoms with Crippen LogP contribution in [0.3, 0.4) is 0 Å². The number of rotatable bonds is 21. The summed E-state index contributed by atoms with van der Waals surface area (Å²) in [4.78, 5) is 35.2. The van der Waals surface area contributed by atoms with Crippen molar-refractivity contribution in [1.29, 1.82) is 0 Å². The molecule has 1 amide bonds. The van der Waals surface area contributed by atoms with Crippen molar-refractivity contribution in [2.75, 3.05) is 6.61 Å². The molecule has 1 unspecified atom stereocenters. The third-order valence-electron chi connectivity index (χ3n) is 5.90. The van der Waals surface area contributed by atoms with Crippen molar-refractivity contribution in [3.8, 4) is 0 Å². The SMILES string of the molecule is CCCCCCCCCCCCCCCCOC(=O)C(CC(=O)[O-])NC(=O)OCc1ccccc1. The summed E-state index contributed by atoms with van der Waals surface area (Å²) in [6.45, 7) is 2.45. The second-order valence-corrected chi connectivity index (χ2v) is 9.10. The number of carboxylic acid groups (broad SMARTS) is 1. The molecule has 0 aromatic heterocycles. The van der Waals surface area contributed by atoms with Gasteiger partial charge in [0.1, 0.15) is 12.6 Å². The minimum atomic E-state index is -1.45. The Balaban J connectivity index is 2.08. The van der Waals surface area contributed by atoms with E-state index in [0.29, 0.717) is 6.42 Å². The van der Waals surface area contributed by atoms with E-state index >= 15 is 0 Å². The smallest absolute Gasteiger partial charge is 0.408 e. The highest BCUT2D eigenvalue weighted by atomic mass is 16.6. The normalized spacial score (nSPS) is 11.6.